The van der Waals surface area contributed by atoms with Crippen LogP contribution in [0, 0.1) is 0 Å². The van der Waals surface area contributed by atoms with Gasteiger partial charge in [-0.1, -0.05) is 15.9 Å². The van der Waals surface area contributed by atoms with Gasteiger partial charge in [0.2, 0.25) is 0 Å². The van der Waals surface area contributed by atoms with Crippen molar-refractivity contribution in [2.75, 3.05) is 46.8 Å². The summed E-state index contributed by atoms with van der Waals surface area (Å²) < 4.78 is 21.8. The molecule has 0 aliphatic rings. The monoisotopic (exact) mass is 346 g/mol. The van der Waals surface area contributed by atoms with E-state index in [0.29, 0.717) is 51.0 Å². The van der Waals surface area contributed by atoms with Crippen molar-refractivity contribution in [2.45, 2.75) is 0 Å². The zero-order valence-corrected chi connectivity index (χ0v) is 13.1. The molecule has 1 aromatic carbocycles. The maximum Gasteiger partial charge on any atom is 0.150 e. The normalized spacial score (nSPS) is 10.5. The van der Waals surface area contributed by atoms with Crippen molar-refractivity contribution in [2.24, 2.45) is 0 Å². The Bertz CT molecular complexity index is 397. The number of aldehydes is 1. The molecule has 0 fully saturated rings. The quantitative estimate of drug-likeness (QED) is 0.454. The summed E-state index contributed by atoms with van der Waals surface area (Å²) >= 11 is 3.32. The Morgan fingerprint density at radius 3 is 2.30 bits per heavy atom. The number of hydrogen-bond donors (Lipinski definition) is 0. The molecule has 0 aromatic heterocycles. The molecule has 0 amide bonds. The average Bonchev–Trinajstić information content (AvgIpc) is 2.45. The molecule has 0 spiro atoms. The molecule has 6 heteroatoms. The van der Waals surface area contributed by atoms with E-state index in [2.05, 4.69) is 15.9 Å². The number of benzene rings is 1. The fourth-order valence-corrected chi connectivity index (χ4v) is 1.91. The van der Waals surface area contributed by atoms with Crippen molar-refractivity contribution in [1.82, 2.24) is 0 Å². The van der Waals surface area contributed by atoms with Crippen LogP contribution in [0.4, 0.5) is 0 Å². The van der Waals surface area contributed by atoms with Gasteiger partial charge in [0.15, 0.2) is 0 Å². The van der Waals surface area contributed by atoms with Crippen molar-refractivity contribution >= 4 is 22.2 Å². The molecule has 112 valence electrons. The number of carbonyl (C=O) groups is 1. The molecule has 5 nitrogen and oxygen atoms in total. The molecule has 0 saturated carbocycles. The van der Waals surface area contributed by atoms with Crippen molar-refractivity contribution in [1.29, 1.82) is 0 Å². The molecule has 0 atom stereocenters. The van der Waals surface area contributed by atoms with Gasteiger partial charge < -0.3 is 18.9 Å². The van der Waals surface area contributed by atoms with Gasteiger partial charge in [0.05, 0.1) is 33.0 Å². The van der Waals surface area contributed by atoms with Crippen LogP contribution in [-0.4, -0.2) is 53.0 Å². The van der Waals surface area contributed by atoms with E-state index in [4.69, 9.17) is 18.9 Å². The van der Waals surface area contributed by atoms with Crippen LogP contribution >= 0.6 is 15.9 Å². The Kier molecular flexibility index (Phi) is 9.23. The summed E-state index contributed by atoms with van der Waals surface area (Å²) in [7, 11) is 1.63. The van der Waals surface area contributed by atoms with E-state index in [-0.39, 0.29) is 0 Å². The number of halogens is 1. The highest BCUT2D eigenvalue weighted by Crippen LogP contribution is 2.20. The summed E-state index contributed by atoms with van der Waals surface area (Å²) in [5.74, 6) is 0.640. The molecule has 0 bridgehead atoms. The first-order valence-corrected chi connectivity index (χ1v) is 7.08. The van der Waals surface area contributed by atoms with E-state index in [1.54, 1.807) is 25.3 Å². The predicted octanol–water partition coefficient (Wildman–Crippen LogP) is 2.32. The molecule has 0 aliphatic carbocycles. The van der Waals surface area contributed by atoms with E-state index >= 15 is 0 Å². The van der Waals surface area contributed by atoms with Crippen LogP contribution in [0.3, 0.4) is 0 Å². The number of rotatable bonds is 11. The van der Waals surface area contributed by atoms with Crippen LogP contribution < -0.4 is 4.74 Å². The molecule has 0 heterocycles. The zero-order valence-electron chi connectivity index (χ0n) is 11.5. The third-order valence-electron chi connectivity index (χ3n) is 2.33. The Hall–Kier alpha value is -0.950. The van der Waals surface area contributed by atoms with Crippen LogP contribution in [0.2, 0.25) is 0 Å². The summed E-state index contributed by atoms with van der Waals surface area (Å²) in [6.45, 7) is 3.11. The standard InChI is InChI=1S/C14H19BrO5/c1-17-2-3-18-4-5-19-6-7-20-14-9-12(11-16)8-13(15)10-14/h8-11H,2-7H2,1H3. The maximum atomic E-state index is 10.7. The lowest BCUT2D eigenvalue weighted by atomic mass is 10.2. The summed E-state index contributed by atoms with van der Waals surface area (Å²) in [4.78, 5) is 10.7. The molecule has 0 N–H and O–H groups in total. The first-order valence-electron chi connectivity index (χ1n) is 6.29. The predicted molar refractivity (Wildman–Crippen MR) is 78.5 cm³/mol. The molecular weight excluding hydrogens is 328 g/mol. The molecule has 20 heavy (non-hydrogen) atoms. The lowest BCUT2D eigenvalue weighted by Crippen LogP contribution is -2.12. The first kappa shape index (κ1) is 17.1. The molecule has 0 unspecified atom stereocenters. The van der Waals surface area contributed by atoms with Gasteiger partial charge in [-0.2, -0.15) is 0 Å². The smallest absolute Gasteiger partial charge is 0.150 e. The van der Waals surface area contributed by atoms with Crippen LogP contribution in [0.1, 0.15) is 10.4 Å². The van der Waals surface area contributed by atoms with E-state index in [1.165, 1.54) is 0 Å². The minimum atomic E-state index is 0.423. The van der Waals surface area contributed by atoms with E-state index in [0.717, 1.165) is 10.8 Å². The topological polar surface area (TPSA) is 54.0 Å². The van der Waals surface area contributed by atoms with Crippen LogP contribution in [-0.2, 0) is 14.2 Å². The first-order chi connectivity index (χ1) is 9.76. The third kappa shape index (κ3) is 7.59. The van der Waals surface area contributed by atoms with Gasteiger partial charge in [0, 0.05) is 17.1 Å². The molecule has 0 radical (unpaired) electrons. The largest absolute Gasteiger partial charge is 0.491 e. The minimum absolute atomic E-state index is 0.423. The third-order valence-corrected chi connectivity index (χ3v) is 2.79. The fourth-order valence-electron chi connectivity index (χ4n) is 1.42. The summed E-state index contributed by atoms with van der Waals surface area (Å²) in [6, 6.07) is 5.22. The summed E-state index contributed by atoms with van der Waals surface area (Å²) in [5.41, 5.74) is 0.571. The number of ether oxygens (including phenoxy) is 4. The van der Waals surface area contributed by atoms with Gasteiger partial charge in [-0.3, -0.25) is 4.79 Å². The van der Waals surface area contributed by atoms with Crippen molar-refractivity contribution < 1.29 is 23.7 Å². The molecular formula is C14H19BrO5. The van der Waals surface area contributed by atoms with Gasteiger partial charge in [-0.05, 0) is 18.2 Å². The summed E-state index contributed by atoms with van der Waals surface area (Å²) in [6.07, 6.45) is 0.783. The Morgan fingerprint density at radius 1 is 1.00 bits per heavy atom. The summed E-state index contributed by atoms with van der Waals surface area (Å²) in [5, 5.41) is 0. The highest BCUT2D eigenvalue weighted by molar-refractivity contribution is 9.10. The second-order valence-electron chi connectivity index (χ2n) is 3.90. The lowest BCUT2D eigenvalue weighted by Gasteiger charge is -2.08. The van der Waals surface area contributed by atoms with E-state index in [9.17, 15) is 4.79 Å². The molecule has 0 saturated heterocycles. The Morgan fingerprint density at radius 2 is 1.65 bits per heavy atom. The lowest BCUT2D eigenvalue weighted by molar-refractivity contribution is 0.0179. The van der Waals surface area contributed by atoms with Crippen molar-refractivity contribution in [3.05, 3.63) is 28.2 Å². The highest BCUT2D eigenvalue weighted by atomic mass is 79.9. The van der Waals surface area contributed by atoms with Gasteiger partial charge in [-0.15, -0.1) is 0 Å². The highest BCUT2D eigenvalue weighted by Gasteiger charge is 2.00. The van der Waals surface area contributed by atoms with E-state index in [1.807, 2.05) is 0 Å². The minimum Gasteiger partial charge on any atom is -0.491 e. The number of methoxy groups -OCH3 is 1. The van der Waals surface area contributed by atoms with Gasteiger partial charge in [0.1, 0.15) is 18.6 Å². The van der Waals surface area contributed by atoms with Gasteiger partial charge >= 0.3 is 0 Å². The van der Waals surface area contributed by atoms with Gasteiger partial charge in [0.25, 0.3) is 0 Å². The number of carbonyl (C=O) groups excluding carboxylic acids is 1. The van der Waals surface area contributed by atoms with Crippen LogP contribution in [0.25, 0.3) is 0 Å². The SMILES string of the molecule is COCCOCCOCCOc1cc(Br)cc(C=O)c1. The second kappa shape index (κ2) is 10.8. The van der Waals surface area contributed by atoms with Crippen LogP contribution in [0.15, 0.2) is 22.7 Å². The van der Waals surface area contributed by atoms with Crippen LogP contribution in [0.5, 0.6) is 5.75 Å². The Labute approximate surface area is 127 Å². The molecule has 1 aromatic rings. The Balaban J connectivity index is 2.09. The van der Waals surface area contributed by atoms with Crippen molar-refractivity contribution in [3.8, 4) is 5.75 Å². The zero-order chi connectivity index (χ0) is 14.6. The molecule has 1 rings (SSSR count). The van der Waals surface area contributed by atoms with Gasteiger partial charge in [-0.25, -0.2) is 0 Å². The second-order valence-corrected chi connectivity index (χ2v) is 4.82. The average molecular weight is 347 g/mol. The van der Waals surface area contributed by atoms with E-state index < -0.39 is 0 Å². The van der Waals surface area contributed by atoms with Crippen molar-refractivity contribution in [3.63, 3.8) is 0 Å². The fraction of sp³-hybridized carbons (Fsp3) is 0.500. The molecule has 0 aliphatic heterocycles. The maximum absolute atomic E-state index is 10.7. The number of hydrogen-bond acceptors (Lipinski definition) is 5.